The average molecular weight is 735 g/mol. The standard InChI is InChI=1S/C55H46N2/c1-55(2)50-26-13-11-23-45(50)46-32-29-41(35-51(46)55)56(52-27-14-12-24-47(52)44-25-15-19-38-18-9-10-22-43(38)44)42-30-33-49-48-31-28-39(37-16-5-3-6-17-37)34-53(48)57(54(49)36-42)40-20-7-4-8-21-40/h4,7-15,18-37H,3,5-6,16-17H2,1-2H3. The molecule has 0 saturated heterocycles. The van der Waals surface area contributed by atoms with Gasteiger partial charge >= 0.3 is 0 Å². The molecule has 276 valence electrons. The lowest BCUT2D eigenvalue weighted by Crippen LogP contribution is -2.17. The first-order valence-corrected chi connectivity index (χ1v) is 20.8. The number of anilines is 3. The zero-order chi connectivity index (χ0) is 38.1. The lowest BCUT2D eigenvalue weighted by molar-refractivity contribution is 0.444. The van der Waals surface area contributed by atoms with Crippen LogP contribution in [0.2, 0.25) is 0 Å². The SMILES string of the molecule is CC1(C)c2ccccc2-c2ccc(N(c3ccc4c5ccc(C6CCCCC6)cc5n(-c5ccccc5)c4c3)c3ccccc3-c3cccc4ccccc34)cc21. The normalized spacial score (nSPS) is 14.9. The molecular formula is C55H46N2. The molecule has 0 bridgehead atoms. The van der Waals surface area contributed by atoms with Crippen molar-refractivity contribution in [2.75, 3.05) is 4.90 Å². The Morgan fingerprint density at radius 2 is 1.11 bits per heavy atom. The third kappa shape index (κ3) is 5.46. The molecule has 1 fully saturated rings. The molecule has 0 spiro atoms. The van der Waals surface area contributed by atoms with Crippen LogP contribution in [0.1, 0.15) is 68.6 Å². The van der Waals surface area contributed by atoms with Crippen LogP contribution in [0.4, 0.5) is 17.1 Å². The van der Waals surface area contributed by atoms with Crippen LogP contribution in [0.15, 0.2) is 176 Å². The second-order valence-corrected chi connectivity index (χ2v) is 16.8. The highest BCUT2D eigenvalue weighted by Gasteiger charge is 2.36. The van der Waals surface area contributed by atoms with Crippen LogP contribution < -0.4 is 4.90 Å². The Hall–Kier alpha value is -6.38. The van der Waals surface area contributed by atoms with Gasteiger partial charge < -0.3 is 9.47 Å². The lowest BCUT2D eigenvalue weighted by Gasteiger charge is -2.30. The molecule has 2 aliphatic carbocycles. The van der Waals surface area contributed by atoms with Crippen molar-refractivity contribution in [3.63, 3.8) is 0 Å². The van der Waals surface area contributed by atoms with Crippen LogP contribution in [0.25, 0.3) is 60.5 Å². The second-order valence-electron chi connectivity index (χ2n) is 16.8. The van der Waals surface area contributed by atoms with Gasteiger partial charge in [0.15, 0.2) is 0 Å². The number of aromatic nitrogens is 1. The maximum absolute atomic E-state index is 2.51. The Kier molecular flexibility index (Phi) is 7.96. The first-order valence-electron chi connectivity index (χ1n) is 20.8. The summed E-state index contributed by atoms with van der Waals surface area (Å²) in [6, 6.07) is 66.0. The summed E-state index contributed by atoms with van der Waals surface area (Å²) < 4.78 is 2.51. The summed E-state index contributed by atoms with van der Waals surface area (Å²) in [6.45, 7) is 4.75. The van der Waals surface area contributed by atoms with E-state index in [2.05, 4.69) is 199 Å². The maximum atomic E-state index is 2.51. The van der Waals surface area contributed by atoms with E-state index >= 15 is 0 Å². The van der Waals surface area contributed by atoms with E-state index in [1.807, 2.05) is 0 Å². The fourth-order valence-corrected chi connectivity index (χ4v) is 10.3. The number of benzene rings is 8. The highest BCUT2D eigenvalue weighted by atomic mass is 15.1. The zero-order valence-corrected chi connectivity index (χ0v) is 32.8. The molecule has 0 atom stereocenters. The molecule has 0 radical (unpaired) electrons. The summed E-state index contributed by atoms with van der Waals surface area (Å²) in [7, 11) is 0. The van der Waals surface area contributed by atoms with E-state index in [0.717, 1.165) is 17.1 Å². The maximum Gasteiger partial charge on any atom is 0.0561 e. The summed E-state index contributed by atoms with van der Waals surface area (Å²) in [5, 5.41) is 5.08. The molecule has 0 amide bonds. The third-order valence-corrected chi connectivity index (χ3v) is 13.2. The van der Waals surface area contributed by atoms with E-state index in [9.17, 15) is 0 Å². The molecule has 0 unspecified atom stereocenters. The Morgan fingerprint density at radius 1 is 0.474 bits per heavy atom. The number of rotatable bonds is 6. The van der Waals surface area contributed by atoms with Gasteiger partial charge in [0.1, 0.15) is 0 Å². The number of nitrogens with zero attached hydrogens (tertiary/aromatic N) is 2. The Bertz CT molecular complexity index is 2970. The fourth-order valence-electron chi connectivity index (χ4n) is 10.3. The van der Waals surface area contributed by atoms with Crippen LogP contribution in [0.3, 0.4) is 0 Å². The number of fused-ring (bicyclic) bond motifs is 7. The first-order chi connectivity index (χ1) is 28.0. The summed E-state index contributed by atoms with van der Waals surface area (Å²) in [6.07, 6.45) is 6.59. The molecule has 57 heavy (non-hydrogen) atoms. The molecule has 0 aliphatic heterocycles. The monoisotopic (exact) mass is 734 g/mol. The number of para-hydroxylation sites is 2. The topological polar surface area (TPSA) is 8.17 Å². The van der Waals surface area contributed by atoms with Gasteiger partial charge in [0.2, 0.25) is 0 Å². The van der Waals surface area contributed by atoms with Gasteiger partial charge in [-0.1, -0.05) is 161 Å². The summed E-state index contributed by atoms with van der Waals surface area (Å²) in [4.78, 5) is 2.51. The van der Waals surface area contributed by atoms with Gasteiger partial charge in [-0.25, -0.2) is 0 Å². The van der Waals surface area contributed by atoms with Gasteiger partial charge in [0.25, 0.3) is 0 Å². The number of hydrogen-bond acceptors (Lipinski definition) is 1. The number of hydrogen-bond donors (Lipinski definition) is 0. The highest BCUT2D eigenvalue weighted by molar-refractivity contribution is 6.11. The van der Waals surface area contributed by atoms with Gasteiger partial charge in [0.05, 0.1) is 16.7 Å². The molecule has 9 aromatic rings. The molecule has 1 saturated carbocycles. The van der Waals surface area contributed by atoms with E-state index in [1.165, 1.54) is 109 Å². The third-order valence-electron chi connectivity index (χ3n) is 13.2. The molecule has 8 aromatic carbocycles. The molecule has 2 nitrogen and oxygen atoms in total. The van der Waals surface area contributed by atoms with Crippen LogP contribution in [0, 0.1) is 0 Å². The molecule has 1 heterocycles. The van der Waals surface area contributed by atoms with Crippen molar-refractivity contribution in [2.24, 2.45) is 0 Å². The van der Waals surface area contributed by atoms with Crippen molar-refractivity contribution < 1.29 is 0 Å². The van der Waals surface area contributed by atoms with Gasteiger partial charge in [-0.15, -0.1) is 0 Å². The Labute approximate surface area is 335 Å². The molecule has 2 heteroatoms. The molecule has 2 aliphatic rings. The summed E-state index contributed by atoms with van der Waals surface area (Å²) >= 11 is 0. The van der Waals surface area contributed by atoms with Gasteiger partial charge in [-0.2, -0.15) is 0 Å². The van der Waals surface area contributed by atoms with Crippen LogP contribution >= 0.6 is 0 Å². The van der Waals surface area contributed by atoms with Gasteiger partial charge in [-0.3, -0.25) is 0 Å². The minimum absolute atomic E-state index is 0.123. The van der Waals surface area contributed by atoms with E-state index < -0.39 is 0 Å². The van der Waals surface area contributed by atoms with Crippen molar-refractivity contribution in [2.45, 2.75) is 57.3 Å². The predicted octanol–water partition coefficient (Wildman–Crippen LogP) is 15.4. The first kappa shape index (κ1) is 33.9. The van der Waals surface area contributed by atoms with Crippen molar-refractivity contribution >= 4 is 49.6 Å². The van der Waals surface area contributed by atoms with Crippen molar-refractivity contribution in [3.8, 4) is 27.9 Å². The largest absolute Gasteiger partial charge is 0.310 e. The smallest absolute Gasteiger partial charge is 0.0561 e. The Morgan fingerprint density at radius 3 is 1.96 bits per heavy atom. The summed E-state index contributed by atoms with van der Waals surface area (Å²) in [5.74, 6) is 0.636. The van der Waals surface area contributed by atoms with Crippen molar-refractivity contribution in [1.29, 1.82) is 0 Å². The lowest BCUT2D eigenvalue weighted by atomic mass is 9.82. The van der Waals surface area contributed by atoms with Crippen LogP contribution in [-0.4, -0.2) is 4.57 Å². The average Bonchev–Trinajstić information content (AvgIpc) is 3.71. The Balaban J connectivity index is 1.17. The van der Waals surface area contributed by atoms with Crippen LogP contribution in [-0.2, 0) is 5.41 Å². The van der Waals surface area contributed by atoms with E-state index in [1.54, 1.807) is 0 Å². The van der Waals surface area contributed by atoms with E-state index in [0.29, 0.717) is 5.92 Å². The predicted molar refractivity (Wildman–Crippen MR) is 242 cm³/mol. The highest BCUT2D eigenvalue weighted by Crippen LogP contribution is 2.52. The van der Waals surface area contributed by atoms with Gasteiger partial charge in [0, 0.05) is 38.8 Å². The summed E-state index contributed by atoms with van der Waals surface area (Å²) in [5.41, 5.74) is 16.4. The minimum Gasteiger partial charge on any atom is -0.310 e. The van der Waals surface area contributed by atoms with Crippen LogP contribution in [0.5, 0.6) is 0 Å². The van der Waals surface area contributed by atoms with Crippen molar-refractivity contribution in [3.05, 3.63) is 193 Å². The second kappa shape index (κ2) is 13.4. The zero-order valence-electron chi connectivity index (χ0n) is 32.8. The molecular weight excluding hydrogens is 689 g/mol. The molecule has 0 N–H and O–H groups in total. The van der Waals surface area contributed by atoms with Crippen molar-refractivity contribution in [1.82, 2.24) is 4.57 Å². The fraction of sp³-hybridized carbons (Fsp3) is 0.164. The van der Waals surface area contributed by atoms with E-state index in [-0.39, 0.29) is 5.41 Å². The molecule has 11 rings (SSSR count). The molecule has 1 aromatic heterocycles. The van der Waals surface area contributed by atoms with Gasteiger partial charge in [-0.05, 0) is 111 Å². The minimum atomic E-state index is -0.123. The quantitative estimate of drug-likeness (QED) is 0.165. The van der Waals surface area contributed by atoms with E-state index in [4.69, 9.17) is 0 Å².